The van der Waals surface area contributed by atoms with E-state index < -0.39 is 5.51 Å². The standard InChI is InChI=1S/C12H7ClF3NS/c13-8-4-3-6-10(18-12(14,15)16)11(8)9-5-1-2-7-17-9/h1-7H. The molecule has 1 nitrogen and oxygen atoms in total. The van der Waals surface area contributed by atoms with E-state index in [1.54, 1.807) is 24.3 Å². The van der Waals surface area contributed by atoms with Crippen molar-refractivity contribution < 1.29 is 13.2 Å². The van der Waals surface area contributed by atoms with Crippen LogP contribution in [0.1, 0.15) is 0 Å². The molecule has 0 aliphatic rings. The van der Waals surface area contributed by atoms with Crippen LogP contribution in [0.4, 0.5) is 13.2 Å². The van der Waals surface area contributed by atoms with Crippen LogP contribution in [-0.2, 0) is 0 Å². The van der Waals surface area contributed by atoms with Crippen LogP contribution in [0.25, 0.3) is 11.3 Å². The fourth-order valence-corrected chi connectivity index (χ4v) is 2.51. The highest BCUT2D eigenvalue weighted by atomic mass is 35.5. The quantitative estimate of drug-likeness (QED) is 0.721. The summed E-state index contributed by atoms with van der Waals surface area (Å²) in [6.45, 7) is 0. The molecule has 0 radical (unpaired) electrons. The molecule has 2 rings (SSSR count). The van der Waals surface area contributed by atoms with Crippen molar-refractivity contribution in [3.8, 4) is 11.3 Å². The van der Waals surface area contributed by atoms with Crippen LogP contribution < -0.4 is 0 Å². The molecular formula is C12H7ClF3NS. The number of pyridine rings is 1. The van der Waals surface area contributed by atoms with Crippen molar-refractivity contribution >= 4 is 23.4 Å². The van der Waals surface area contributed by atoms with Crippen LogP contribution in [-0.4, -0.2) is 10.5 Å². The maximum Gasteiger partial charge on any atom is 0.446 e. The Balaban J connectivity index is 2.52. The second-order valence-electron chi connectivity index (χ2n) is 3.38. The number of aromatic nitrogens is 1. The summed E-state index contributed by atoms with van der Waals surface area (Å²) in [6.07, 6.45) is 1.51. The summed E-state index contributed by atoms with van der Waals surface area (Å²) < 4.78 is 37.4. The van der Waals surface area contributed by atoms with E-state index in [0.29, 0.717) is 11.3 Å². The van der Waals surface area contributed by atoms with Crippen LogP contribution in [0.15, 0.2) is 47.5 Å². The van der Waals surface area contributed by atoms with E-state index in [-0.39, 0.29) is 21.7 Å². The van der Waals surface area contributed by atoms with Gasteiger partial charge in [0, 0.05) is 16.7 Å². The summed E-state index contributed by atoms with van der Waals surface area (Å²) in [5.74, 6) is 0. The molecule has 1 aromatic heterocycles. The van der Waals surface area contributed by atoms with Gasteiger partial charge in [-0.05, 0) is 36.0 Å². The molecule has 0 saturated carbocycles. The minimum absolute atomic E-state index is 0.0497. The third-order valence-electron chi connectivity index (χ3n) is 2.12. The maximum absolute atomic E-state index is 12.5. The monoisotopic (exact) mass is 289 g/mol. The zero-order valence-electron chi connectivity index (χ0n) is 8.91. The lowest BCUT2D eigenvalue weighted by atomic mass is 10.1. The van der Waals surface area contributed by atoms with E-state index in [1.165, 1.54) is 18.3 Å². The first-order valence-electron chi connectivity index (χ1n) is 4.93. The van der Waals surface area contributed by atoms with Gasteiger partial charge in [-0.25, -0.2) is 0 Å². The maximum atomic E-state index is 12.5. The predicted octanol–water partition coefficient (Wildman–Crippen LogP) is 5.01. The Hall–Kier alpha value is -1.20. The summed E-state index contributed by atoms with van der Waals surface area (Å²) in [7, 11) is 0. The first-order valence-corrected chi connectivity index (χ1v) is 6.12. The fraction of sp³-hybridized carbons (Fsp3) is 0.0833. The molecule has 0 saturated heterocycles. The molecule has 1 aromatic carbocycles. The minimum atomic E-state index is -4.35. The molecule has 6 heteroatoms. The topological polar surface area (TPSA) is 12.9 Å². The number of thioether (sulfide) groups is 1. The Morgan fingerprint density at radius 1 is 1.06 bits per heavy atom. The molecule has 0 unspecified atom stereocenters. The average Bonchev–Trinajstić information content (AvgIpc) is 2.28. The van der Waals surface area contributed by atoms with Crippen LogP contribution in [0.3, 0.4) is 0 Å². The largest absolute Gasteiger partial charge is 0.446 e. The molecule has 0 amide bonds. The Morgan fingerprint density at radius 2 is 1.83 bits per heavy atom. The number of halogens is 4. The molecule has 0 N–H and O–H groups in total. The first-order chi connectivity index (χ1) is 8.47. The number of hydrogen-bond donors (Lipinski definition) is 0. The van der Waals surface area contributed by atoms with Gasteiger partial charge in [-0.3, -0.25) is 4.98 Å². The summed E-state index contributed by atoms with van der Waals surface area (Å²) in [4.78, 5) is 4.09. The smallest absolute Gasteiger partial charge is 0.256 e. The van der Waals surface area contributed by atoms with Gasteiger partial charge in [0.25, 0.3) is 0 Å². The summed E-state index contributed by atoms with van der Waals surface area (Å²) in [5.41, 5.74) is -3.62. The normalized spacial score (nSPS) is 11.6. The summed E-state index contributed by atoms with van der Waals surface area (Å²) >= 11 is 5.78. The van der Waals surface area contributed by atoms with Crippen molar-refractivity contribution in [2.75, 3.05) is 0 Å². The molecule has 0 aliphatic heterocycles. The van der Waals surface area contributed by atoms with Crippen LogP contribution in [0, 0.1) is 0 Å². The molecule has 0 atom stereocenters. The number of alkyl halides is 3. The molecule has 0 aliphatic carbocycles. The van der Waals surface area contributed by atoms with Gasteiger partial charge in [0.05, 0.1) is 10.7 Å². The second kappa shape index (κ2) is 5.20. The minimum Gasteiger partial charge on any atom is -0.256 e. The van der Waals surface area contributed by atoms with Gasteiger partial charge in [-0.15, -0.1) is 0 Å². The lowest BCUT2D eigenvalue weighted by Crippen LogP contribution is -2.00. The fourth-order valence-electron chi connectivity index (χ4n) is 1.47. The van der Waals surface area contributed by atoms with Crippen molar-refractivity contribution in [1.82, 2.24) is 4.98 Å². The van der Waals surface area contributed by atoms with Crippen molar-refractivity contribution in [2.45, 2.75) is 10.4 Å². The van der Waals surface area contributed by atoms with E-state index in [9.17, 15) is 13.2 Å². The number of nitrogens with zero attached hydrogens (tertiary/aromatic N) is 1. The second-order valence-corrected chi connectivity index (χ2v) is 4.89. The Bertz CT molecular complexity index is 543. The van der Waals surface area contributed by atoms with Crippen LogP contribution in [0.5, 0.6) is 0 Å². The SMILES string of the molecule is FC(F)(F)Sc1cccc(Cl)c1-c1ccccn1. The molecule has 1 heterocycles. The molecule has 2 aromatic rings. The third-order valence-corrected chi connectivity index (χ3v) is 3.23. The molecule has 0 fully saturated rings. The van der Waals surface area contributed by atoms with E-state index >= 15 is 0 Å². The molecular weight excluding hydrogens is 283 g/mol. The zero-order valence-corrected chi connectivity index (χ0v) is 10.5. The lowest BCUT2D eigenvalue weighted by Gasteiger charge is -2.12. The highest BCUT2D eigenvalue weighted by Gasteiger charge is 2.31. The van der Waals surface area contributed by atoms with Gasteiger partial charge in [-0.2, -0.15) is 13.2 Å². The van der Waals surface area contributed by atoms with Crippen LogP contribution in [0.2, 0.25) is 5.02 Å². The van der Waals surface area contributed by atoms with E-state index in [4.69, 9.17) is 11.6 Å². The van der Waals surface area contributed by atoms with Crippen molar-refractivity contribution in [3.05, 3.63) is 47.6 Å². The predicted molar refractivity (Wildman–Crippen MR) is 66.6 cm³/mol. The summed E-state index contributed by atoms with van der Waals surface area (Å²) in [5, 5.41) is 0.253. The van der Waals surface area contributed by atoms with Gasteiger partial charge < -0.3 is 0 Å². The Morgan fingerprint density at radius 3 is 2.44 bits per heavy atom. The molecule has 0 spiro atoms. The average molecular weight is 290 g/mol. The van der Waals surface area contributed by atoms with Crippen molar-refractivity contribution in [1.29, 1.82) is 0 Å². The highest BCUT2D eigenvalue weighted by Crippen LogP contribution is 2.43. The van der Waals surface area contributed by atoms with Gasteiger partial charge in [-0.1, -0.05) is 23.7 Å². The van der Waals surface area contributed by atoms with Crippen molar-refractivity contribution in [3.63, 3.8) is 0 Å². The van der Waals surface area contributed by atoms with Gasteiger partial charge in [0.2, 0.25) is 0 Å². The number of hydrogen-bond acceptors (Lipinski definition) is 2. The van der Waals surface area contributed by atoms with Crippen LogP contribution >= 0.6 is 23.4 Å². The number of benzene rings is 1. The van der Waals surface area contributed by atoms with Gasteiger partial charge in [0.15, 0.2) is 0 Å². The van der Waals surface area contributed by atoms with Crippen molar-refractivity contribution in [2.24, 2.45) is 0 Å². The Kier molecular flexibility index (Phi) is 3.82. The molecule has 0 bridgehead atoms. The molecule has 18 heavy (non-hydrogen) atoms. The van der Waals surface area contributed by atoms with Gasteiger partial charge in [0.1, 0.15) is 0 Å². The molecule has 94 valence electrons. The highest BCUT2D eigenvalue weighted by molar-refractivity contribution is 8.00. The summed E-state index contributed by atoms with van der Waals surface area (Å²) in [6, 6.07) is 9.44. The zero-order chi connectivity index (χ0) is 13.2. The first kappa shape index (κ1) is 13.2. The number of rotatable bonds is 2. The third kappa shape index (κ3) is 3.17. The lowest BCUT2D eigenvalue weighted by molar-refractivity contribution is -0.0327. The van der Waals surface area contributed by atoms with E-state index in [0.717, 1.165) is 0 Å². The Labute approximate surface area is 111 Å². The van der Waals surface area contributed by atoms with Gasteiger partial charge >= 0.3 is 5.51 Å². The van der Waals surface area contributed by atoms with E-state index in [1.807, 2.05) is 0 Å². The van der Waals surface area contributed by atoms with E-state index in [2.05, 4.69) is 4.98 Å².